The summed E-state index contributed by atoms with van der Waals surface area (Å²) >= 11 is 3.25. The van der Waals surface area contributed by atoms with Crippen molar-refractivity contribution in [2.75, 3.05) is 5.75 Å². The summed E-state index contributed by atoms with van der Waals surface area (Å²) < 4.78 is 26.7. The summed E-state index contributed by atoms with van der Waals surface area (Å²) in [5.41, 5.74) is 5.83. The number of nitrogens with one attached hydrogen (secondary N) is 1. The molecule has 6 nitrogen and oxygen atoms in total. The van der Waals surface area contributed by atoms with Crippen LogP contribution in [0.4, 0.5) is 0 Å². The fourth-order valence-electron chi connectivity index (χ4n) is 1.63. The number of aryl methyl sites for hydroxylation is 1. The Labute approximate surface area is 125 Å². The van der Waals surface area contributed by atoms with Gasteiger partial charge >= 0.3 is 0 Å². The average molecular weight is 357 g/mol. The van der Waals surface area contributed by atoms with E-state index >= 15 is 0 Å². The highest BCUT2D eigenvalue weighted by Gasteiger charge is 2.15. The van der Waals surface area contributed by atoms with Gasteiger partial charge in [0.15, 0.2) is 9.84 Å². The van der Waals surface area contributed by atoms with Crippen LogP contribution in [0.1, 0.15) is 5.56 Å². The maximum atomic E-state index is 12.2. The standard InChI is InChI=1S/C12H13BrN4O2S/c13-10-7-16-17(8-10)5-6-20(18,19)11-3-1-9(2-4-11)12(14)15/h1-4,7-8H,5-6H2,(H3,14,15). The van der Waals surface area contributed by atoms with Crippen LogP contribution in [0.25, 0.3) is 0 Å². The molecular weight excluding hydrogens is 344 g/mol. The number of nitrogen functional groups attached to an aromatic ring is 1. The van der Waals surface area contributed by atoms with Crippen molar-refractivity contribution >= 4 is 31.6 Å². The van der Waals surface area contributed by atoms with Crippen LogP contribution in [0.3, 0.4) is 0 Å². The number of amidine groups is 1. The van der Waals surface area contributed by atoms with Gasteiger partial charge in [0.25, 0.3) is 0 Å². The van der Waals surface area contributed by atoms with Crippen LogP contribution in [-0.2, 0) is 16.4 Å². The topological polar surface area (TPSA) is 102 Å². The van der Waals surface area contributed by atoms with E-state index in [4.69, 9.17) is 11.1 Å². The van der Waals surface area contributed by atoms with Gasteiger partial charge in [0, 0.05) is 11.8 Å². The third-order valence-corrected chi connectivity index (χ3v) is 4.84. The number of nitrogens with two attached hydrogens (primary N) is 1. The molecule has 1 heterocycles. The molecule has 1 aromatic carbocycles. The number of halogens is 1. The lowest BCUT2D eigenvalue weighted by molar-refractivity contribution is 0.580. The summed E-state index contributed by atoms with van der Waals surface area (Å²) in [6.07, 6.45) is 3.32. The van der Waals surface area contributed by atoms with Gasteiger partial charge in [-0.25, -0.2) is 8.42 Å². The van der Waals surface area contributed by atoms with Crippen LogP contribution in [0.5, 0.6) is 0 Å². The molecule has 2 rings (SSSR count). The lowest BCUT2D eigenvalue weighted by Gasteiger charge is -2.06. The smallest absolute Gasteiger partial charge is 0.180 e. The van der Waals surface area contributed by atoms with Crippen molar-refractivity contribution in [1.29, 1.82) is 5.41 Å². The van der Waals surface area contributed by atoms with Gasteiger partial charge in [-0.05, 0) is 28.1 Å². The van der Waals surface area contributed by atoms with E-state index in [1.54, 1.807) is 17.1 Å². The number of rotatable bonds is 5. The maximum Gasteiger partial charge on any atom is 0.180 e. The Bertz CT molecular complexity index is 722. The van der Waals surface area contributed by atoms with Crippen molar-refractivity contribution in [2.24, 2.45) is 5.73 Å². The molecule has 0 bridgehead atoms. The SMILES string of the molecule is N=C(N)c1ccc(S(=O)(=O)CCn2cc(Br)cn2)cc1. The highest BCUT2D eigenvalue weighted by Crippen LogP contribution is 2.13. The van der Waals surface area contributed by atoms with E-state index in [0.717, 1.165) is 4.47 Å². The van der Waals surface area contributed by atoms with E-state index in [-0.39, 0.29) is 23.0 Å². The van der Waals surface area contributed by atoms with Crippen molar-refractivity contribution < 1.29 is 8.42 Å². The third kappa shape index (κ3) is 3.45. The molecule has 0 unspecified atom stereocenters. The number of hydrogen-bond donors (Lipinski definition) is 2. The first-order valence-electron chi connectivity index (χ1n) is 5.74. The van der Waals surface area contributed by atoms with Crippen molar-refractivity contribution in [3.05, 3.63) is 46.7 Å². The summed E-state index contributed by atoms with van der Waals surface area (Å²) in [5, 5.41) is 11.3. The molecule has 0 radical (unpaired) electrons. The van der Waals surface area contributed by atoms with Crippen LogP contribution in [0, 0.1) is 5.41 Å². The molecule has 20 heavy (non-hydrogen) atoms. The molecule has 2 aromatic rings. The highest BCUT2D eigenvalue weighted by molar-refractivity contribution is 9.10. The molecule has 106 valence electrons. The van der Waals surface area contributed by atoms with Gasteiger partial charge < -0.3 is 5.73 Å². The largest absolute Gasteiger partial charge is 0.384 e. The van der Waals surface area contributed by atoms with Gasteiger partial charge in [0.2, 0.25) is 0 Å². The highest BCUT2D eigenvalue weighted by atomic mass is 79.9. The van der Waals surface area contributed by atoms with Crippen LogP contribution in [0.15, 0.2) is 46.0 Å². The van der Waals surface area contributed by atoms with Crippen LogP contribution in [-0.4, -0.2) is 29.8 Å². The summed E-state index contributed by atoms with van der Waals surface area (Å²) in [4.78, 5) is 0.216. The van der Waals surface area contributed by atoms with Crippen molar-refractivity contribution in [1.82, 2.24) is 9.78 Å². The van der Waals surface area contributed by atoms with Gasteiger partial charge in [-0.3, -0.25) is 10.1 Å². The molecule has 0 aliphatic heterocycles. The lowest BCUT2D eigenvalue weighted by Crippen LogP contribution is -2.14. The molecule has 0 aliphatic carbocycles. The fraction of sp³-hybridized carbons (Fsp3) is 0.167. The van der Waals surface area contributed by atoms with E-state index in [1.165, 1.54) is 24.3 Å². The minimum Gasteiger partial charge on any atom is -0.384 e. The Balaban J connectivity index is 2.11. The Hall–Kier alpha value is -1.67. The van der Waals surface area contributed by atoms with E-state index in [1.807, 2.05) is 0 Å². The Morgan fingerprint density at radius 3 is 2.50 bits per heavy atom. The van der Waals surface area contributed by atoms with Gasteiger partial charge in [0.05, 0.1) is 27.9 Å². The first-order valence-corrected chi connectivity index (χ1v) is 8.18. The van der Waals surface area contributed by atoms with E-state index in [2.05, 4.69) is 21.0 Å². The number of benzene rings is 1. The number of hydrogen-bond acceptors (Lipinski definition) is 4. The van der Waals surface area contributed by atoms with Crippen molar-refractivity contribution in [3.63, 3.8) is 0 Å². The quantitative estimate of drug-likeness (QED) is 0.624. The van der Waals surface area contributed by atoms with Gasteiger partial charge in [-0.1, -0.05) is 12.1 Å². The van der Waals surface area contributed by atoms with E-state index in [9.17, 15) is 8.42 Å². The number of sulfone groups is 1. The second-order valence-corrected chi connectivity index (χ2v) is 7.20. The molecule has 0 saturated carbocycles. The first-order chi connectivity index (χ1) is 9.38. The predicted octanol–water partition coefficient (Wildman–Crippen LogP) is 1.40. The molecule has 0 saturated heterocycles. The van der Waals surface area contributed by atoms with Gasteiger partial charge in [0.1, 0.15) is 5.84 Å². The minimum atomic E-state index is -3.38. The Kier molecular flexibility index (Phi) is 4.24. The van der Waals surface area contributed by atoms with Gasteiger partial charge in [-0.2, -0.15) is 5.10 Å². The predicted molar refractivity (Wildman–Crippen MR) is 79.4 cm³/mol. The Morgan fingerprint density at radius 1 is 1.35 bits per heavy atom. The molecule has 3 N–H and O–H groups in total. The first kappa shape index (κ1) is 14.7. The van der Waals surface area contributed by atoms with Crippen LogP contribution >= 0.6 is 15.9 Å². The fourth-order valence-corrected chi connectivity index (χ4v) is 3.18. The molecule has 0 amide bonds. The zero-order chi connectivity index (χ0) is 14.8. The molecule has 0 spiro atoms. The molecular formula is C12H13BrN4O2S. The van der Waals surface area contributed by atoms with E-state index in [0.29, 0.717) is 5.56 Å². The lowest BCUT2D eigenvalue weighted by atomic mass is 10.2. The average Bonchev–Trinajstić information content (AvgIpc) is 2.82. The molecule has 0 aliphatic rings. The van der Waals surface area contributed by atoms with E-state index < -0.39 is 9.84 Å². The summed E-state index contributed by atoms with van der Waals surface area (Å²) in [5.74, 6) is -0.129. The molecule has 8 heteroatoms. The van der Waals surface area contributed by atoms with Gasteiger partial charge in [-0.15, -0.1) is 0 Å². The monoisotopic (exact) mass is 356 g/mol. The zero-order valence-corrected chi connectivity index (χ0v) is 12.9. The molecule has 0 atom stereocenters. The maximum absolute atomic E-state index is 12.2. The number of aromatic nitrogens is 2. The second-order valence-electron chi connectivity index (χ2n) is 4.18. The summed E-state index contributed by atoms with van der Waals surface area (Å²) in [7, 11) is -3.38. The Morgan fingerprint density at radius 2 is 2.00 bits per heavy atom. The van der Waals surface area contributed by atoms with Crippen LogP contribution in [0.2, 0.25) is 0 Å². The number of nitrogens with zero attached hydrogens (tertiary/aromatic N) is 2. The van der Waals surface area contributed by atoms with Crippen molar-refractivity contribution in [2.45, 2.75) is 11.4 Å². The molecule has 0 fully saturated rings. The zero-order valence-electron chi connectivity index (χ0n) is 10.5. The molecule has 1 aromatic heterocycles. The summed E-state index contributed by atoms with van der Waals surface area (Å²) in [6, 6.07) is 5.98. The summed E-state index contributed by atoms with van der Waals surface area (Å²) in [6.45, 7) is 0.280. The minimum absolute atomic E-state index is 0.0411. The normalized spacial score (nSPS) is 11.4. The third-order valence-electron chi connectivity index (χ3n) is 2.72. The van der Waals surface area contributed by atoms with Crippen LogP contribution < -0.4 is 5.73 Å². The van der Waals surface area contributed by atoms with Crippen molar-refractivity contribution in [3.8, 4) is 0 Å². The second kappa shape index (κ2) is 5.76.